The summed E-state index contributed by atoms with van der Waals surface area (Å²) in [7, 11) is 0. The highest BCUT2D eigenvalue weighted by molar-refractivity contribution is 5.95. The van der Waals surface area contributed by atoms with Crippen LogP contribution in [0, 0.1) is 0 Å². The number of esters is 1. The van der Waals surface area contributed by atoms with Crippen LogP contribution in [0.2, 0.25) is 0 Å². The number of benzene rings is 1. The molecule has 0 aromatic heterocycles. The lowest BCUT2D eigenvalue weighted by Crippen LogP contribution is -2.45. The van der Waals surface area contributed by atoms with Crippen molar-refractivity contribution in [1.82, 2.24) is 10.6 Å². The predicted molar refractivity (Wildman–Crippen MR) is 109 cm³/mol. The van der Waals surface area contributed by atoms with Gasteiger partial charge in [-0.1, -0.05) is 57.7 Å². The molecule has 0 bridgehead atoms. The summed E-state index contributed by atoms with van der Waals surface area (Å²) in [6, 6.07) is 6.52. The molecule has 6 heteroatoms. The zero-order valence-electron chi connectivity index (χ0n) is 17.2. The lowest BCUT2D eigenvalue weighted by molar-refractivity contribution is -0.139. The van der Waals surface area contributed by atoms with Gasteiger partial charge in [0.1, 0.15) is 5.75 Å². The molecule has 2 amide bonds. The molecule has 1 atom stereocenters. The first-order valence-electron chi connectivity index (χ1n) is 10.3. The van der Waals surface area contributed by atoms with E-state index in [-0.39, 0.29) is 6.03 Å². The van der Waals surface area contributed by atoms with Crippen LogP contribution in [0.3, 0.4) is 0 Å². The summed E-state index contributed by atoms with van der Waals surface area (Å²) in [6.07, 6.45) is 6.29. The fourth-order valence-electron chi connectivity index (χ4n) is 3.21. The number of hydrogen-bond donors (Lipinski definition) is 2. The van der Waals surface area contributed by atoms with Crippen LogP contribution in [0.4, 0.5) is 4.79 Å². The van der Waals surface area contributed by atoms with Gasteiger partial charge in [-0.3, -0.25) is 0 Å². The molecule has 0 saturated heterocycles. The van der Waals surface area contributed by atoms with Gasteiger partial charge in [-0.15, -0.1) is 0 Å². The fraction of sp³-hybridized carbons (Fsp3) is 0.545. The first kappa shape index (κ1) is 21.8. The average molecular weight is 389 g/mol. The number of urea groups is 1. The molecule has 1 aliphatic heterocycles. The molecule has 28 heavy (non-hydrogen) atoms. The van der Waals surface area contributed by atoms with Crippen LogP contribution in [0.25, 0.3) is 0 Å². The lowest BCUT2D eigenvalue weighted by atomic mass is 9.95. The average Bonchev–Trinajstić information content (AvgIpc) is 2.68. The number of hydrogen-bond acceptors (Lipinski definition) is 4. The van der Waals surface area contributed by atoms with Crippen molar-refractivity contribution in [1.29, 1.82) is 0 Å². The molecular weight excluding hydrogens is 356 g/mol. The number of nitrogens with one attached hydrogen (secondary N) is 2. The van der Waals surface area contributed by atoms with E-state index in [0.29, 0.717) is 30.2 Å². The molecule has 0 aliphatic carbocycles. The van der Waals surface area contributed by atoms with Crippen molar-refractivity contribution >= 4 is 12.0 Å². The molecule has 0 spiro atoms. The van der Waals surface area contributed by atoms with Crippen LogP contribution in [-0.2, 0) is 9.53 Å². The molecule has 1 aliphatic rings. The van der Waals surface area contributed by atoms with Gasteiger partial charge in [0, 0.05) is 11.3 Å². The van der Waals surface area contributed by atoms with Crippen LogP contribution in [0.5, 0.6) is 5.75 Å². The van der Waals surface area contributed by atoms with E-state index in [4.69, 9.17) is 9.47 Å². The number of carbonyl (C=O) groups excluding carboxylic acids is 2. The molecule has 0 saturated carbocycles. The van der Waals surface area contributed by atoms with E-state index in [1.54, 1.807) is 6.92 Å². The van der Waals surface area contributed by atoms with Gasteiger partial charge in [0.2, 0.25) is 0 Å². The van der Waals surface area contributed by atoms with Crippen molar-refractivity contribution in [3.05, 3.63) is 41.1 Å². The second-order valence-electron chi connectivity index (χ2n) is 7.01. The quantitative estimate of drug-likeness (QED) is 0.428. The normalized spacial score (nSPS) is 16.4. The molecule has 2 rings (SSSR count). The summed E-state index contributed by atoms with van der Waals surface area (Å²) in [4.78, 5) is 24.9. The minimum Gasteiger partial charge on any atom is -0.493 e. The first-order chi connectivity index (χ1) is 13.6. The van der Waals surface area contributed by atoms with Gasteiger partial charge in [-0.2, -0.15) is 0 Å². The third-order valence-electron chi connectivity index (χ3n) is 4.66. The molecule has 154 valence electrons. The summed E-state index contributed by atoms with van der Waals surface area (Å²) >= 11 is 0. The van der Waals surface area contributed by atoms with Crippen molar-refractivity contribution in [3.63, 3.8) is 0 Å². The van der Waals surface area contributed by atoms with Crippen molar-refractivity contribution in [3.8, 4) is 5.75 Å². The number of allylic oxidation sites excluding steroid dienone is 1. The van der Waals surface area contributed by atoms with Crippen LogP contribution in [0.1, 0.15) is 70.9 Å². The maximum absolute atomic E-state index is 12.8. The maximum atomic E-state index is 12.8. The summed E-state index contributed by atoms with van der Waals surface area (Å²) in [5, 5.41) is 5.52. The third kappa shape index (κ3) is 6.01. The Balaban J connectivity index is 2.15. The monoisotopic (exact) mass is 388 g/mol. The number of amides is 2. The Bertz CT molecular complexity index is 700. The van der Waals surface area contributed by atoms with E-state index in [1.165, 1.54) is 12.8 Å². The van der Waals surface area contributed by atoms with Gasteiger partial charge in [0.05, 0.1) is 24.8 Å². The Hall–Kier alpha value is -2.50. The second-order valence-corrected chi connectivity index (χ2v) is 7.01. The highest BCUT2D eigenvalue weighted by atomic mass is 16.5. The molecule has 1 aromatic rings. The Kier molecular flexibility index (Phi) is 8.85. The second kappa shape index (κ2) is 11.4. The predicted octanol–water partition coefficient (Wildman–Crippen LogP) is 4.62. The largest absolute Gasteiger partial charge is 0.493 e. The minimum absolute atomic E-state index is 0.344. The SMILES string of the molecule is CCCCCCCOC(=O)C1=C(C)NC(=O)N[C@H]1c1ccccc1OCCC. The highest BCUT2D eigenvalue weighted by Crippen LogP contribution is 2.33. The minimum atomic E-state index is -0.602. The maximum Gasteiger partial charge on any atom is 0.338 e. The Morgan fingerprint density at radius 2 is 1.79 bits per heavy atom. The summed E-state index contributed by atoms with van der Waals surface area (Å²) in [6.45, 7) is 6.87. The van der Waals surface area contributed by atoms with Crippen molar-refractivity contribution in [2.45, 2.75) is 65.3 Å². The van der Waals surface area contributed by atoms with E-state index in [2.05, 4.69) is 17.6 Å². The van der Waals surface area contributed by atoms with E-state index in [1.807, 2.05) is 31.2 Å². The smallest absolute Gasteiger partial charge is 0.338 e. The lowest BCUT2D eigenvalue weighted by Gasteiger charge is -2.29. The van der Waals surface area contributed by atoms with E-state index in [0.717, 1.165) is 31.2 Å². The Morgan fingerprint density at radius 3 is 2.54 bits per heavy atom. The first-order valence-corrected chi connectivity index (χ1v) is 10.3. The molecule has 2 N–H and O–H groups in total. The number of ether oxygens (including phenoxy) is 2. The molecule has 1 heterocycles. The van der Waals surface area contributed by atoms with Crippen LogP contribution in [0.15, 0.2) is 35.5 Å². The zero-order chi connectivity index (χ0) is 20.4. The van der Waals surface area contributed by atoms with Crippen molar-refractivity contribution in [2.75, 3.05) is 13.2 Å². The van der Waals surface area contributed by atoms with Crippen LogP contribution in [-0.4, -0.2) is 25.2 Å². The third-order valence-corrected chi connectivity index (χ3v) is 4.66. The van der Waals surface area contributed by atoms with Gasteiger partial charge in [0.25, 0.3) is 0 Å². The highest BCUT2D eigenvalue weighted by Gasteiger charge is 2.33. The van der Waals surface area contributed by atoms with Gasteiger partial charge in [-0.25, -0.2) is 9.59 Å². The number of carbonyl (C=O) groups is 2. The van der Waals surface area contributed by atoms with Crippen LogP contribution >= 0.6 is 0 Å². The molecule has 0 radical (unpaired) electrons. The van der Waals surface area contributed by atoms with Crippen LogP contribution < -0.4 is 15.4 Å². The standard InChI is InChI=1S/C22H32N2O4/c1-4-6-7-8-11-15-28-21(25)19-16(3)23-22(26)24-20(19)17-12-9-10-13-18(17)27-14-5-2/h9-10,12-13,20H,4-8,11,14-15H2,1-3H3,(H2,23,24,26)/t20-/m0/s1. The number of rotatable bonds is 11. The fourth-order valence-corrected chi connectivity index (χ4v) is 3.21. The summed E-state index contributed by atoms with van der Waals surface area (Å²) < 4.78 is 11.3. The summed E-state index contributed by atoms with van der Waals surface area (Å²) in [5.74, 6) is 0.255. The number of unbranched alkanes of at least 4 members (excludes halogenated alkanes) is 4. The van der Waals surface area contributed by atoms with Gasteiger partial charge in [0.15, 0.2) is 0 Å². The summed E-state index contributed by atoms with van der Waals surface area (Å²) in [5.41, 5.74) is 1.68. The molecule has 0 unspecified atom stereocenters. The van der Waals surface area contributed by atoms with Gasteiger partial charge in [-0.05, 0) is 25.8 Å². The Morgan fingerprint density at radius 1 is 1.04 bits per heavy atom. The van der Waals surface area contributed by atoms with Crippen molar-refractivity contribution < 1.29 is 19.1 Å². The Labute approximate surface area is 167 Å². The number of para-hydroxylation sites is 1. The van der Waals surface area contributed by atoms with E-state index >= 15 is 0 Å². The van der Waals surface area contributed by atoms with Gasteiger partial charge < -0.3 is 20.1 Å². The van der Waals surface area contributed by atoms with Crippen molar-refractivity contribution in [2.24, 2.45) is 0 Å². The molecule has 6 nitrogen and oxygen atoms in total. The van der Waals surface area contributed by atoms with Gasteiger partial charge >= 0.3 is 12.0 Å². The van der Waals surface area contributed by atoms with E-state index < -0.39 is 12.0 Å². The molecule has 0 fully saturated rings. The molecule has 1 aromatic carbocycles. The topological polar surface area (TPSA) is 76.7 Å². The van der Waals surface area contributed by atoms with E-state index in [9.17, 15) is 9.59 Å². The molecular formula is C22H32N2O4. The zero-order valence-corrected chi connectivity index (χ0v) is 17.2.